The minimum absolute atomic E-state index is 0.248. The van der Waals surface area contributed by atoms with Crippen LogP contribution < -0.4 is 9.47 Å². The number of ketones is 1. The van der Waals surface area contributed by atoms with Gasteiger partial charge in [-0.25, -0.2) is 0 Å². The molecular weight excluding hydrogens is 338 g/mol. The number of hydrogen-bond donors (Lipinski definition) is 1. The molecule has 1 amide bonds. The fourth-order valence-corrected chi connectivity index (χ4v) is 4.00. The Morgan fingerprint density at radius 1 is 1.23 bits per heavy atom. The van der Waals surface area contributed by atoms with Crippen LogP contribution in [0.4, 0.5) is 0 Å². The van der Waals surface area contributed by atoms with E-state index in [-0.39, 0.29) is 17.3 Å². The smallest absolute Gasteiger partial charge is 0.304 e. The molecule has 2 aliphatic heterocycles. The third-order valence-corrected chi connectivity index (χ3v) is 5.10. The summed E-state index contributed by atoms with van der Waals surface area (Å²) in [4.78, 5) is 38.4. The van der Waals surface area contributed by atoms with E-state index in [1.807, 2.05) is 6.07 Å². The summed E-state index contributed by atoms with van der Waals surface area (Å²) in [6.45, 7) is 3.29. The maximum Gasteiger partial charge on any atom is 0.304 e. The van der Waals surface area contributed by atoms with E-state index in [0.29, 0.717) is 35.7 Å². The van der Waals surface area contributed by atoms with Crippen LogP contribution in [0.2, 0.25) is 0 Å². The van der Waals surface area contributed by atoms with Gasteiger partial charge in [0.05, 0.1) is 31.8 Å². The van der Waals surface area contributed by atoms with Gasteiger partial charge in [-0.1, -0.05) is 0 Å². The molecule has 0 bridgehead atoms. The summed E-state index contributed by atoms with van der Waals surface area (Å²) in [5.41, 5.74) is 1.01. The van der Waals surface area contributed by atoms with Crippen LogP contribution in [0.1, 0.15) is 31.4 Å². The van der Waals surface area contributed by atoms with Crippen molar-refractivity contribution in [2.24, 2.45) is 5.41 Å². The second kappa shape index (κ2) is 6.16. The van der Waals surface area contributed by atoms with Crippen molar-refractivity contribution in [2.75, 3.05) is 20.8 Å². The predicted octanol–water partition coefficient (Wildman–Crippen LogP) is 1.88. The second-order valence-electron chi connectivity index (χ2n) is 6.75. The van der Waals surface area contributed by atoms with Crippen LogP contribution in [-0.4, -0.2) is 48.4 Å². The van der Waals surface area contributed by atoms with E-state index in [2.05, 4.69) is 0 Å². The van der Waals surface area contributed by atoms with Gasteiger partial charge in [0.1, 0.15) is 0 Å². The number of rotatable bonds is 5. The molecule has 7 heteroatoms. The fraction of sp³-hybridized carbons (Fsp3) is 0.421. The van der Waals surface area contributed by atoms with E-state index in [0.717, 1.165) is 5.56 Å². The standard InChI is InChI=1S/C19H21NO6/c1-10(21)16-17-12-8-14(26-4)13(25-3)7-11(12)5-6-20(17)18(24)19(16,2)9-15(22)23/h7-8H,5-6,9H2,1-4H3,(H,22,23). The number of nitrogens with zero attached hydrogens (tertiary/aromatic N) is 1. The monoisotopic (exact) mass is 359 g/mol. The van der Waals surface area contributed by atoms with Gasteiger partial charge in [0, 0.05) is 17.7 Å². The highest BCUT2D eigenvalue weighted by Gasteiger charge is 2.53. The summed E-state index contributed by atoms with van der Waals surface area (Å²) in [5, 5.41) is 9.29. The maximum absolute atomic E-state index is 13.0. The highest BCUT2D eigenvalue weighted by molar-refractivity contribution is 6.16. The zero-order chi connectivity index (χ0) is 19.2. The van der Waals surface area contributed by atoms with Gasteiger partial charge < -0.3 is 19.5 Å². The first kappa shape index (κ1) is 18.0. The minimum atomic E-state index is -1.37. The van der Waals surface area contributed by atoms with Crippen molar-refractivity contribution < 1.29 is 29.0 Å². The van der Waals surface area contributed by atoms with Gasteiger partial charge in [-0.15, -0.1) is 0 Å². The molecule has 3 rings (SSSR count). The molecule has 1 atom stereocenters. The molecule has 0 saturated carbocycles. The van der Waals surface area contributed by atoms with E-state index < -0.39 is 17.8 Å². The van der Waals surface area contributed by atoms with Crippen LogP contribution in [-0.2, 0) is 20.8 Å². The molecule has 26 heavy (non-hydrogen) atoms. The lowest BCUT2D eigenvalue weighted by molar-refractivity contribution is -0.145. The fourth-order valence-electron chi connectivity index (χ4n) is 4.00. The summed E-state index contributed by atoms with van der Waals surface area (Å²) in [6, 6.07) is 3.59. The average molecular weight is 359 g/mol. The molecule has 1 N–H and O–H groups in total. The first-order valence-corrected chi connectivity index (χ1v) is 8.29. The Balaban J connectivity index is 2.29. The number of carboxylic acids is 1. The second-order valence-corrected chi connectivity index (χ2v) is 6.75. The minimum Gasteiger partial charge on any atom is -0.493 e. The van der Waals surface area contributed by atoms with Crippen molar-refractivity contribution in [3.63, 3.8) is 0 Å². The maximum atomic E-state index is 13.0. The van der Waals surface area contributed by atoms with Gasteiger partial charge in [0.25, 0.3) is 0 Å². The Kier molecular flexibility index (Phi) is 4.26. The molecule has 2 heterocycles. The normalized spacial score (nSPS) is 21.4. The number of carboxylic acid groups (broad SMARTS) is 1. The molecule has 0 aromatic heterocycles. The molecule has 1 aromatic carbocycles. The summed E-state index contributed by atoms with van der Waals surface area (Å²) >= 11 is 0. The number of benzene rings is 1. The number of Topliss-reactive ketones (excluding diaryl/α,β-unsaturated/α-hetero) is 1. The first-order valence-electron chi connectivity index (χ1n) is 8.29. The Morgan fingerprint density at radius 2 is 1.85 bits per heavy atom. The highest BCUT2D eigenvalue weighted by atomic mass is 16.5. The third kappa shape index (κ3) is 2.46. The van der Waals surface area contributed by atoms with Crippen LogP contribution in [0.3, 0.4) is 0 Å². The molecule has 0 fully saturated rings. The van der Waals surface area contributed by atoms with Crippen molar-refractivity contribution in [1.82, 2.24) is 4.90 Å². The number of carbonyl (C=O) groups is 3. The van der Waals surface area contributed by atoms with E-state index >= 15 is 0 Å². The number of amides is 1. The molecule has 0 aliphatic carbocycles. The summed E-state index contributed by atoms with van der Waals surface area (Å²) < 4.78 is 10.7. The van der Waals surface area contributed by atoms with Gasteiger partial charge >= 0.3 is 5.97 Å². The topological polar surface area (TPSA) is 93.1 Å². The van der Waals surface area contributed by atoms with Crippen molar-refractivity contribution in [3.05, 3.63) is 28.8 Å². The molecule has 0 spiro atoms. The largest absolute Gasteiger partial charge is 0.493 e. The van der Waals surface area contributed by atoms with Gasteiger partial charge in [0.15, 0.2) is 17.3 Å². The van der Waals surface area contributed by atoms with Crippen molar-refractivity contribution in [3.8, 4) is 11.5 Å². The molecule has 0 saturated heterocycles. The number of ether oxygens (including phenoxy) is 2. The molecule has 0 radical (unpaired) electrons. The quantitative estimate of drug-likeness (QED) is 0.863. The van der Waals surface area contributed by atoms with E-state index in [1.165, 1.54) is 25.9 Å². The van der Waals surface area contributed by atoms with E-state index in [1.54, 1.807) is 13.2 Å². The molecule has 138 valence electrons. The van der Waals surface area contributed by atoms with Crippen molar-refractivity contribution >= 4 is 23.4 Å². The molecule has 7 nitrogen and oxygen atoms in total. The lowest BCUT2D eigenvalue weighted by Crippen LogP contribution is -2.39. The zero-order valence-corrected chi connectivity index (χ0v) is 15.2. The van der Waals surface area contributed by atoms with Gasteiger partial charge in [-0.05, 0) is 38.0 Å². The van der Waals surface area contributed by atoms with Gasteiger partial charge in [0.2, 0.25) is 5.91 Å². The molecular formula is C19H21NO6. The lowest BCUT2D eigenvalue weighted by atomic mass is 9.77. The van der Waals surface area contributed by atoms with Crippen LogP contribution in [0.25, 0.3) is 5.70 Å². The summed E-state index contributed by atoms with van der Waals surface area (Å²) in [7, 11) is 3.06. The zero-order valence-electron chi connectivity index (χ0n) is 15.2. The van der Waals surface area contributed by atoms with Crippen LogP contribution in [0.5, 0.6) is 11.5 Å². The number of hydrogen-bond acceptors (Lipinski definition) is 5. The summed E-state index contributed by atoms with van der Waals surface area (Å²) in [5.74, 6) is -0.708. The Morgan fingerprint density at radius 3 is 2.38 bits per heavy atom. The van der Waals surface area contributed by atoms with E-state index in [9.17, 15) is 19.5 Å². The van der Waals surface area contributed by atoms with E-state index in [4.69, 9.17) is 9.47 Å². The predicted molar refractivity (Wildman–Crippen MR) is 92.9 cm³/mol. The SMILES string of the molecule is COc1cc2c(cc1OC)C1=C(C(C)=O)C(C)(CC(=O)O)C(=O)N1CC2. The van der Waals surface area contributed by atoms with Crippen LogP contribution in [0, 0.1) is 5.41 Å². The first-order chi connectivity index (χ1) is 12.2. The summed E-state index contributed by atoms with van der Waals surface area (Å²) in [6.07, 6.45) is 0.155. The number of aliphatic carboxylic acids is 1. The number of fused-ring (bicyclic) bond motifs is 3. The van der Waals surface area contributed by atoms with Gasteiger partial charge in [-0.2, -0.15) is 0 Å². The van der Waals surface area contributed by atoms with Gasteiger partial charge in [-0.3, -0.25) is 14.4 Å². The Labute approximate surface area is 151 Å². The number of methoxy groups -OCH3 is 2. The molecule has 1 aromatic rings. The van der Waals surface area contributed by atoms with Crippen molar-refractivity contribution in [1.29, 1.82) is 0 Å². The average Bonchev–Trinajstić information content (AvgIpc) is 2.80. The third-order valence-electron chi connectivity index (χ3n) is 5.10. The van der Waals surface area contributed by atoms with Crippen molar-refractivity contribution in [2.45, 2.75) is 26.7 Å². The molecule has 1 unspecified atom stereocenters. The Hall–Kier alpha value is -2.83. The number of carbonyl (C=O) groups excluding carboxylic acids is 2. The molecule has 2 aliphatic rings. The lowest BCUT2D eigenvalue weighted by Gasteiger charge is -2.29. The van der Waals surface area contributed by atoms with Crippen LogP contribution >= 0.6 is 0 Å². The van der Waals surface area contributed by atoms with Crippen LogP contribution in [0.15, 0.2) is 17.7 Å². The highest BCUT2D eigenvalue weighted by Crippen LogP contribution is 2.50. The Bertz CT molecular complexity index is 856.